The van der Waals surface area contributed by atoms with Crippen LogP contribution in [0.2, 0.25) is 5.02 Å². The molecule has 0 saturated carbocycles. The van der Waals surface area contributed by atoms with Crippen molar-refractivity contribution in [3.63, 3.8) is 0 Å². The molecule has 2 aliphatic heterocycles. The van der Waals surface area contributed by atoms with Gasteiger partial charge in [-0.05, 0) is 37.8 Å². The summed E-state index contributed by atoms with van der Waals surface area (Å²) >= 11 is 6.04. The molecule has 2 heterocycles. The zero-order chi connectivity index (χ0) is 15.0. The fourth-order valence-corrected chi connectivity index (χ4v) is 5.03. The van der Waals surface area contributed by atoms with E-state index in [1.807, 2.05) is 0 Å². The van der Waals surface area contributed by atoms with Crippen molar-refractivity contribution in [3.05, 3.63) is 23.2 Å². The minimum Gasteiger partial charge on any atom is -0.497 e. The number of nitrogens with one attached hydrogen (secondary N) is 2. The van der Waals surface area contributed by atoms with Gasteiger partial charge in [0.15, 0.2) is 0 Å². The van der Waals surface area contributed by atoms with Crippen LogP contribution in [0.3, 0.4) is 0 Å². The topological polar surface area (TPSA) is 67.4 Å². The lowest BCUT2D eigenvalue weighted by molar-refractivity contribution is 0.345. The summed E-state index contributed by atoms with van der Waals surface area (Å²) in [6.07, 6.45) is 3.92. The van der Waals surface area contributed by atoms with Gasteiger partial charge in [0.1, 0.15) is 10.6 Å². The summed E-state index contributed by atoms with van der Waals surface area (Å²) in [7, 11) is -2.13. The minimum absolute atomic E-state index is 0.0315. The summed E-state index contributed by atoms with van der Waals surface area (Å²) in [4.78, 5) is 0.0781. The van der Waals surface area contributed by atoms with Crippen LogP contribution in [0, 0.1) is 0 Å². The highest BCUT2D eigenvalue weighted by Crippen LogP contribution is 2.30. The molecule has 1 aromatic rings. The van der Waals surface area contributed by atoms with Crippen LogP contribution in [0.1, 0.15) is 25.7 Å². The predicted molar refractivity (Wildman–Crippen MR) is 81.3 cm³/mol. The van der Waals surface area contributed by atoms with Gasteiger partial charge in [-0.15, -0.1) is 0 Å². The number of sulfonamides is 1. The molecule has 0 aromatic heterocycles. The Hall–Kier alpha value is -0.820. The Labute approximate surface area is 130 Å². The zero-order valence-electron chi connectivity index (χ0n) is 11.8. The van der Waals surface area contributed by atoms with Crippen molar-refractivity contribution in [2.45, 2.75) is 48.7 Å². The van der Waals surface area contributed by atoms with Crippen LogP contribution in [-0.4, -0.2) is 33.7 Å². The van der Waals surface area contributed by atoms with Crippen molar-refractivity contribution < 1.29 is 13.2 Å². The summed E-state index contributed by atoms with van der Waals surface area (Å²) in [5.41, 5.74) is 0. The van der Waals surface area contributed by atoms with Gasteiger partial charge in [-0.3, -0.25) is 0 Å². The minimum atomic E-state index is -3.63. The van der Waals surface area contributed by atoms with Crippen molar-refractivity contribution in [2.75, 3.05) is 7.11 Å². The van der Waals surface area contributed by atoms with Crippen LogP contribution < -0.4 is 14.8 Å². The molecule has 2 bridgehead atoms. The Kier molecular flexibility index (Phi) is 4.14. The van der Waals surface area contributed by atoms with Gasteiger partial charge >= 0.3 is 0 Å². The monoisotopic (exact) mass is 330 g/mol. The maximum Gasteiger partial charge on any atom is 0.242 e. The molecule has 2 aliphatic rings. The first-order valence-electron chi connectivity index (χ1n) is 7.10. The third kappa shape index (κ3) is 3.18. The molecule has 0 amide bonds. The fourth-order valence-electron chi connectivity index (χ4n) is 3.25. The van der Waals surface area contributed by atoms with Crippen LogP contribution in [0.15, 0.2) is 23.1 Å². The molecule has 2 atom stereocenters. The van der Waals surface area contributed by atoms with E-state index >= 15 is 0 Å². The Morgan fingerprint density at radius 3 is 2.57 bits per heavy atom. The molecule has 2 saturated heterocycles. The normalized spacial score (nSPS) is 28.6. The Balaban J connectivity index is 1.80. The number of piperidine rings is 1. The van der Waals surface area contributed by atoms with E-state index in [1.165, 1.54) is 13.2 Å². The molecule has 0 aliphatic carbocycles. The maximum atomic E-state index is 12.6. The lowest BCUT2D eigenvalue weighted by atomic mass is 10.0. The first-order valence-corrected chi connectivity index (χ1v) is 8.96. The van der Waals surface area contributed by atoms with E-state index in [2.05, 4.69) is 10.0 Å². The van der Waals surface area contributed by atoms with E-state index in [-0.39, 0.29) is 16.0 Å². The first kappa shape index (κ1) is 15.1. The Morgan fingerprint density at radius 2 is 1.95 bits per heavy atom. The van der Waals surface area contributed by atoms with Gasteiger partial charge in [-0.25, -0.2) is 13.1 Å². The number of hydrogen-bond donors (Lipinski definition) is 2. The van der Waals surface area contributed by atoms with Crippen molar-refractivity contribution in [2.24, 2.45) is 0 Å². The highest BCUT2D eigenvalue weighted by Gasteiger charge is 2.35. The van der Waals surface area contributed by atoms with Crippen molar-refractivity contribution in [3.8, 4) is 5.75 Å². The average molecular weight is 331 g/mol. The number of rotatable bonds is 4. The van der Waals surface area contributed by atoms with Gasteiger partial charge in [-0.1, -0.05) is 11.6 Å². The highest BCUT2D eigenvalue weighted by molar-refractivity contribution is 7.89. The van der Waals surface area contributed by atoms with Crippen molar-refractivity contribution in [1.82, 2.24) is 10.0 Å². The smallest absolute Gasteiger partial charge is 0.242 e. The Bertz CT molecular complexity index is 623. The van der Waals surface area contributed by atoms with Gasteiger partial charge in [0.05, 0.1) is 12.1 Å². The molecular formula is C14H19ClN2O3S. The first-order chi connectivity index (χ1) is 9.98. The van der Waals surface area contributed by atoms with Gasteiger partial charge in [0.25, 0.3) is 0 Å². The highest BCUT2D eigenvalue weighted by atomic mass is 35.5. The summed E-state index contributed by atoms with van der Waals surface area (Å²) in [6.45, 7) is 0. The largest absolute Gasteiger partial charge is 0.497 e. The summed E-state index contributed by atoms with van der Waals surface area (Å²) in [5, 5.41) is 3.70. The third-order valence-corrected chi connectivity index (χ3v) is 6.22. The Morgan fingerprint density at radius 1 is 1.29 bits per heavy atom. The number of ether oxygens (including phenoxy) is 1. The fraction of sp³-hybridized carbons (Fsp3) is 0.571. The molecular weight excluding hydrogens is 312 g/mol. The van der Waals surface area contributed by atoms with E-state index in [4.69, 9.17) is 16.3 Å². The van der Waals surface area contributed by atoms with E-state index in [9.17, 15) is 8.42 Å². The van der Waals surface area contributed by atoms with Crippen molar-refractivity contribution in [1.29, 1.82) is 0 Å². The van der Waals surface area contributed by atoms with E-state index in [1.54, 1.807) is 12.1 Å². The number of halogens is 1. The molecule has 2 fully saturated rings. The number of fused-ring (bicyclic) bond motifs is 2. The molecule has 0 spiro atoms. The lowest BCUT2D eigenvalue weighted by Gasteiger charge is -2.29. The molecule has 21 heavy (non-hydrogen) atoms. The summed E-state index contributed by atoms with van der Waals surface area (Å²) in [5.74, 6) is 0.477. The van der Waals surface area contributed by atoms with Crippen LogP contribution in [-0.2, 0) is 10.0 Å². The SMILES string of the molecule is COc1ccc(Cl)c(S(=O)(=O)NC2CC3CCC(C2)N3)c1. The van der Waals surface area contributed by atoms with Gasteiger partial charge in [0, 0.05) is 24.2 Å². The number of hydrogen-bond acceptors (Lipinski definition) is 4. The zero-order valence-corrected chi connectivity index (χ0v) is 13.4. The summed E-state index contributed by atoms with van der Waals surface area (Å²) in [6, 6.07) is 5.47. The van der Waals surface area contributed by atoms with E-state index in [0.29, 0.717) is 17.8 Å². The second kappa shape index (κ2) is 5.76. The second-order valence-corrected chi connectivity index (χ2v) is 7.81. The predicted octanol–water partition coefficient (Wildman–Crippen LogP) is 1.91. The van der Waals surface area contributed by atoms with Gasteiger partial charge in [-0.2, -0.15) is 0 Å². The van der Waals surface area contributed by atoms with E-state index in [0.717, 1.165) is 25.7 Å². The number of methoxy groups -OCH3 is 1. The van der Waals surface area contributed by atoms with Crippen LogP contribution in [0.25, 0.3) is 0 Å². The van der Waals surface area contributed by atoms with Crippen LogP contribution in [0.4, 0.5) is 0 Å². The van der Waals surface area contributed by atoms with Gasteiger partial charge < -0.3 is 10.1 Å². The molecule has 116 valence electrons. The quantitative estimate of drug-likeness (QED) is 0.885. The van der Waals surface area contributed by atoms with E-state index < -0.39 is 10.0 Å². The van der Waals surface area contributed by atoms with Crippen molar-refractivity contribution >= 4 is 21.6 Å². The lowest BCUT2D eigenvalue weighted by Crippen LogP contribution is -2.47. The second-order valence-electron chi connectivity index (χ2n) is 5.72. The molecule has 2 unspecified atom stereocenters. The van der Waals surface area contributed by atoms with Crippen LogP contribution >= 0.6 is 11.6 Å². The maximum absolute atomic E-state index is 12.6. The van der Waals surface area contributed by atoms with Crippen LogP contribution in [0.5, 0.6) is 5.75 Å². The molecule has 2 N–H and O–H groups in total. The molecule has 3 rings (SSSR count). The molecule has 0 radical (unpaired) electrons. The molecule has 7 heteroatoms. The third-order valence-electron chi connectivity index (χ3n) is 4.22. The van der Waals surface area contributed by atoms with Gasteiger partial charge in [0.2, 0.25) is 10.0 Å². The molecule has 5 nitrogen and oxygen atoms in total. The molecule has 1 aromatic carbocycles. The number of benzene rings is 1. The average Bonchev–Trinajstić information content (AvgIpc) is 2.78. The summed E-state index contributed by atoms with van der Waals surface area (Å²) < 4.78 is 33.0. The standard InChI is InChI=1S/C14H19ClN2O3S/c1-20-12-4-5-13(15)14(8-12)21(18,19)17-11-6-9-2-3-10(7-11)16-9/h4-5,8-11,16-17H,2-3,6-7H2,1H3.